The van der Waals surface area contributed by atoms with E-state index in [-0.39, 0.29) is 0 Å². The highest BCUT2D eigenvalue weighted by molar-refractivity contribution is 5.48. The van der Waals surface area contributed by atoms with Crippen molar-refractivity contribution in [1.82, 2.24) is 0 Å². The van der Waals surface area contributed by atoms with Gasteiger partial charge in [0.25, 0.3) is 0 Å². The first-order chi connectivity index (χ1) is 12.3. The normalized spacial score (nSPS) is 27.6. The lowest BCUT2D eigenvalue weighted by Crippen LogP contribution is -2.31. The molecular formula is C24H26O. The number of aromatic hydroxyl groups is 1. The zero-order valence-electron chi connectivity index (χ0n) is 14.8. The minimum absolute atomic E-state index is 0.421. The van der Waals surface area contributed by atoms with Gasteiger partial charge in [-0.05, 0) is 85.6 Å². The fraction of sp³-hybridized carbons (Fsp3) is 0.417. The molecule has 0 spiro atoms. The van der Waals surface area contributed by atoms with E-state index in [9.17, 15) is 5.11 Å². The van der Waals surface area contributed by atoms with Crippen molar-refractivity contribution >= 4 is 0 Å². The zero-order chi connectivity index (χ0) is 16.9. The Hall–Kier alpha value is -2.02. The van der Waals surface area contributed by atoms with Crippen LogP contribution in [-0.2, 0) is 12.8 Å². The minimum Gasteiger partial charge on any atom is -0.508 e. The molecule has 0 saturated heterocycles. The van der Waals surface area contributed by atoms with Gasteiger partial charge in [-0.3, -0.25) is 0 Å². The lowest BCUT2D eigenvalue weighted by Gasteiger charge is -2.43. The van der Waals surface area contributed by atoms with E-state index in [2.05, 4.69) is 36.4 Å². The molecule has 2 unspecified atom stereocenters. The van der Waals surface area contributed by atoms with E-state index in [1.54, 1.807) is 5.57 Å². The maximum Gasteiger partial charge on any atom is 0.115 e. The summed E-state index contributed by atoms with van der Waals surface area (Å²) < 4.78 is 0. The third-order valence-electron chi connectivity index (χ3n) is 6.99. The second-order valence-corrected chi connectivity index (χ2v) is 8.27. The van der Waals surface area contributed by atoms with Crippen LogP contribution < -0.4 is 0 Å². The molecule has 128 valence electrons. The number of aryl methyl sites for hydroxylation is 1. The van der Waals surface area contributed by atoms with Gasteiger partial charge in [-0.1, -0.05) is 47.5 Å². The average Bonchev–Trinajstić information content (AvgIpc) is 3.06. The van der Waals surface area contributed by atoms with Crippen molar-refractivity contribution in [2.75, 3.05) is 0 Å². The Balaban J connectivity index is 1.55. The molecule has 2 aromatic rings. The highest BCUT2D eigenvalue weighted by atomic mass is 16.3. The van der Waals surface area contributed by atoms with E-state index in [4.69, 9.17) is 0 Å². The molecule has 1 saturated carbocycles. The van der Waals surface area contributed by atoms with Crippen LogP contribution in [0.1, 0.15) is 61.1 Å². The standard InChI is InChI=1S/C24H26O/c25-19-9-11-20-18(15-19)8-10-22-21(20)12-14-24(13-4-7-23(22)24)16-17-5-2-1-3-6-17/h1-3,5-6,9,11,15,21,25H,4,7-8,10,12-14,16H2. The Kier molecular flexibility index (Phi) is 3.51. The molecule has 2 atom stereocenters. The van der Waals surface area contributed by atoms with Crippen LogP contribution in [-0.4, -0.2) is 5.11 Å². The van der Waals surface area contributed by atoms with Crippen LogP contribution in [0.3, 0.4) is 0 Å². The van der Waals surface area contributed by atoms with Crippen LogP contribution in [0.2, 0.25) is 0 Å². The van der Waals surface area contributed by atoms with E-state index in [1.807, 2.05) is 17.7 Å². The third-order valence-corrected chi connectivity index (χ3v) is 6.99. The van der Waals surface area contributed by atoms with Crippen molar-refractivity contribution in [3.63, 3.8) is 0 Å². The van der Waals surface area contributed by atoms with Crippen molar-refractivity contribution in [2.24, 2.45) is 5.41 Å². The van der Waals surface area contributed by atoms with E-state index >= 15 is 0 Å². The van der Waals surface area contributed by atoms with Gasteiger partial charge in [-0.15, -0.1) is 0 Å². The molecule has 25 heavy (non-hydrogen) atoms. The Morgan fingerprint density at radius 3 is 2.72 bits per heavy atom. The first-order valence-electron chi connectivity index (χ1n) is 9.83. The molecule has 1 nitrogen and oxygen atoms in total. The quantitative estimate of drug-likeness (QED) is 0.677. The smallest absolute Gasteiger partial charge is 0.115 e. The van der Waals surface area contributed by atoms with Crippen molar-refractivity contribution < 1.29 is 5.11 Å². The van der Waals surface area contributed by atoms with Crippen molar-refractivity contribution in [3.8, 4) is 5.75 Å². The van der Waals surface area contributed by atoms with Crippen molar-refractivity contribution in [2.45, 2.75) is 57.3 Å². The number of phenols is 1. The minimum atomic E-state index is 0.421. The number of rotatable bonds is 2. The highest BCUT2D eigenvalue weighted by Gasteiger charge is 2.45. The summed E-state index contributed by atoms with van der Waals surface area (Å²) in [5.74, 6) is 1.03. The monoisotopic (exact) mass is 330 g/mol. The highest BCUT2D eigenvalue weighted by Crippen LogP contribution is 2.58. The number of hydrogen-bond acceptors (Lipinski definition) is 1. The summed E-state index contributed by atoms with van der Waals surface area (Å²) >= 11 is 0. The summed E-state index contributed by atoms with van der Waals surface area (Å²) in [4.78, 5) is 0. The van der Waals surface area contributed by atoms with E-state index in [0.29, 0.717) is 17.1 Å². The second-order valence-electron chi connectivity index (χ2n) is 8.27. The summed E-state index contributed by atoms with van der Waals surface area (Å²) in [7, 11) is 0. The summed E-state index contributed by atoms with van der Waals surface area (Å²) in [6, 6.07) is 17.2. The molecule has 3 aliphatic carbocycles. The van der Waals surface area contributed by atoms with Gasteiger partial charge in [-0.2, -0.15) is 0 Å². The van der Waals surface area contributed by atoms with Crippen molar-refractivity contribution in [3.05, 3.63) is 76.4 Å². The Bertz CT molecular complexity index is 832. The molecule has 1 fully saturated rings. The number of fused-ring (bicyclic) bond motifs is 4. The summed E-state index contributed by atoms with van der Waals surface area (Å²) in [6.45, 7) is 0. The molecular weight excluding hydrogens is 304 g/mol. The van der Waals surface area contributed by atoms with Gasteiger partial charge in [0.05, 0.1) is 0 Å². The topological polar surface area (TPSA) is 20.2 Å². The van der Waals surface area contributed by atoms with Gasteiger partial charge < -0.3 is 5.11 Å². The Morgan fingerprint density at radius 1 is 0.960 bits per heavy atom. The van der Waals surface area contributed by atoms with E-state index in [0.717, 1.165) is 6.42 Å². The van der Waals surface area contributed by atoms with Crippen LogP contribution in [0.4, 0.5) is 0 Å². The predicted octanol–water partition coefficient (Wildman–Crippen LogP) is 5.93. The molecule has 1 heteroatoms. The Labute approximate surface area is 150 Å². The summed E-state index contributed by atoms with van der Waals surface area (Å²) in [6.07, 6.45) is 10.2. The van der Waals surface area contributed by atoms with Crippen LogP contribution in [0, 0.1) is 5.41 Å². The van der Waals surface area contributed by atoms with Gasteiger partial charge >= 0.3 is 0 Å². The van der Waals surface area contributed by atoms with Crippen LogP contribution in [0.25, 0.3) is 0 Å². The molecule has 5 rings (SSSR count). The maximum atomic E-state index is 9.83. The third kappa shape index (κ3) is 2.44. The second kappa shape index (κ2) is 5.76. The number of phenolic OH excluding ortho intramolecular Hbond substituents is 1. The van der Waals surface area contributed by atoms with Gasteiger partial charge in [0.1, 0.15) is 5.75 Å². The number of allylic oxidation sites excluding steroid dienone is 2. The van der Waals surface area contributed by atoms with Gasteiger partial charge in [-0.25, -0.2) is 0 Å². The summed E-state index contributed by atoms with van der Waals surface area (Å²) in [5, 5.41) is 9.83. The zero-order valence-corrected chi connectivity index (χ0v) is 14.8. The van der Waals surface area contributed by atoms with E-state index < -0.39 is 0 Å². The van der Waals surface area contributed by atoms with Gasteiger partial charge in [0.2, 0.25) is 0 Å². The molecule has 0 radical (unpaired) electrons. The first kappa shape index (κ1) is 15.3. The molecule has 1 N–H and O–H groups in total. The first-order valence-corrected chi connectivity index (χ1v) is 9.83. The lowest BCUT2D eigenvalue weighted by atomic mass is 9.61. The van der Waals surface area contributed by atoms with Gasteiger partial charge in [0.15, 0.2) is 0 Å². The molecule has 0 aliphatic heterocycles. The van der Waals surface area contributed by atoms with Crippen molar-refractivity contribution in [1.29, 1.82) is 0 Å². The van der Waals surface area contributed by atoms with Crippen LogP contribution in [0.15, 0.2) is 59.7 Å². The van der Waals surface area contributed by atoms with Gasteiger partial charge in [0, 0.05) is 5.92 Å². The molecule has 3 aliphatic rings. The molecule has 2 aromatic carbocycles. The lowest BCUT2D eigenvalue weighted by molar-refractivity contribution is 0.288. The predicted molar refractivity (Wildman–Crippen MR) is 102 cm³/mol. The SMILES string of the molecule is Oc1ccc2c(c1)CCC1=C3CCCC3(Cc3ccccc3)CCC12. The fourth-order valence-corrected chi connectivity index (χ4v) is 5.96. The maximum absolute atomic E-state index is 9.83. The Morgan fingerprint density at radius 2 is 1.84 bits per heavy atom. The largest absolute Gasteiger partial charge is 0.508 e. The fourth-order valence-electron chi connectivity index (χ4n) is 5.96. The average molecular weight is 330 g/mol. The molecule has 0 amide bonds. The molecule has 0 aromatic heterocycles. The van der Waals surface area contributed by atoms with Crippen LogP contribution >= 0.6 is 0 Å². The number of hydrogen-bond donors (Lipinski definition) is 1. The number of benzene rings is 2. The molecule has 0 heterocycles. The summed E-state index contributed by atoms with van der Waals surface area (Å²) in [5.41, 5.74) is 8.38. The van der Waals surface area contributed by atoms with E-state index in [1.165, 1.54) is 61.6 Å². The molecule has 0 bridgehead atoms. The van der Waals surface area contributed by atoms with Crippen LogP contribution in [0.5, 0.6) is 5.75 Å².